The van der Waals surface area contributed by atoms with Gasteiger partial charge in [0.05, 0.1) is 17.0 Å². The van der Waals surface area contributed by atoms with Crippen LogP contribution < -0.4 is 10.9 Å². The van der Waals surface area contributed by atoms with Crippen molar-refractivity contribution in [3.05, 3.63) is 36.4 Å². The molecule has 0 radical (unpaired) electrons. The second kappa shape index (κ2) is 5.82. The first kappa shape index (κ1) is 15.8. The first-order chi connectivity index (χ1) is 9.12. The molecule has 0 aliphatic carbocycles. The molecule has 108 valence electrons. The van der Waals surface area contributed by atoms with E-state index in [1.54, 1.807) is 0 Å². The monoisotopic (exact) mass is 300 g/mol. The maximum atomic E-state index is 11.6. The van der Waals surface area contributed by atoms with Crippen LogP contribution in [0.5, 0.6) is 0 Å². The Bertz CT molecular complexity index is 650. The largest absolute Gasteiger partial charge is 0.478 e. The molecule has 0 unspecified atom stereocenters. The number of benzene rings is 1. The number of hydrazine groups is 1. The molecule has 0 aliphatic heterocycles. The molecule has 1 aromatic rings. The number of carboxylic acids is 1. The van der Waals surface area contributed by atoms with Gasteiger partial charge in [0.2, 0.25) is 5.91 Å². The van der Waals surface area contributed by atoms with E-state index in [4.69, 9.17) is 15.5 Å². The van der Waals surface area contributed by atoms with Crippen LogP contribution in [0.1, 0.15) is 6.42 Å². The van der Waals surface area contributed by atoms with Crippen molar-refractivity contribution in [1.29, 1.82) is 0 Å². The molecule has 0 aliphatic rings. The molecule has 1 amide bonds. The summed E-state index contributed by atoms with van der Waals surface area (Å²) in [6.07, 6.45) is -0.480. The molecule has 0 fully saturated rings. The van der Waals surface area contributed by atoms with Gasteiger partial charge in [0.25, 0.3) is 10.1 Å². The van der Waals surface area contributed by atoms with Crippen molar-refractivity contribution in [1.82, 2.24) is 0 Å². The lowest BCUT2D eigenvalue weighted by Crippen LogP contribution is -2.37. The van der Waals surface area contributed by atoms with Gasteiger partial charge < -0.3 is 5.11 Å². The van der Waals surface area contributed by atoms with Gasteiger partial charge in [-0.1, -0.05) is 6.58 Å². The minimum atomic E-state index is -4.33. The Balaban J connectivity index is 2.88. The lowest BCUT2D eigenvalue weighted by molar-refractivity contribution is -0.133. The predicted octanol–water partition coefficient (Wildman–Crippen LogP) is 0.171. The standard InChI is InChI=1S/C11H12N2O6S/c1-7(11(15)16)6-10(14)13(12)8-2-4-9(5-3-8)20(17,18)19/h2-5H,1,6,12H2,(H,15,16)(H,17,18,19). The molecule has 0 heterocycles. The number of hydrogen-bond acceptors (Lipinski definition) is 5. The zero-order valence-electron chi connectivity index (χ0n) is 10.2. The molecule has 8 nitrogen and oxygen atoms in total. The molecule has 9 heteroatoms. The Hall–Kier alpha value is -2.23. The lowest BCUT2D eigenvalue weighted by atomic mass is 10.2. The molecule has 0 bridgehead atoms. The molecular weight excluding hydrogens is 288 g/mol. The highest BCUT2D eigenvalue weighted by atomic mass is 32.2. The number of nitrogens with two attached hydrogens (primary N) is 1. The Morgan fingerprint density at radius 3 is 2.15 bits per heavy atom. The minimum absolute atomic E-state index is 0.139. The highest BCUT2D eigenvalue weighted by Crippen LogP contribution is 2.17. The molecular formula is C11H12N2O6S. The summed E-state index contributed by atoms with van der Waals surface area (Å²) >= 11 is 0. The van der Waals surface area contributed by atoms with Gasteiger partial charge in [0, 0.05) is 5.57 Å². The average Bonchev–Trinajstić information content (AvgIpc) is 2.36. The van der Waals surface area contributed by atoms with Crippen LogP contribution in [0.2, 0.25) is 0 Å². The Morgan fingerprint density at radius 2 is 1.75 bits per heavy atom. The van der Waals surface area contributed by atoms with E-state index in [1.807, 2.05) is 0 Å². The third-order valence-electron chi connectivity index (χ3n) is 2.35. The number of nitrogens with zero attached hydrogens (tertiary/aromatic N) is 1. The van der Waals surface area contributed by atoms with E-state index in [0.29, 0.717) is 5.01 Å². The van der Waals surface area contributed by atoms with Crippen LogP contribution in [0.25, 0.3) is 0 Å². The fourth-order valence-electron chi connectivity index (χ4n) is 1.27. The van der Waals surface area contributed by atoms with E-state index in [1.165, 1.54) is 12.1 Å². The molecule has 0 atom stereocenters. The summed E-state index contributed by atoms with van der Waals surface area (Å²) in [5.41, 5.74) is -0.180. The second-order valence-corrected chi connectivity index (χ2v) is 5.24. The van der Waals surface area contributed by atoms with Crippen LogP contribution >= 0.6 is 0 Å². The van der Waals surface area contributed by atoms with Gasteiger partial charge in [-0.05, 0) is 24.3 Å². The molecule has 0 saturated carbocycles. The third kappa shape index (κ3) is 3.88. The highest BCUT2D eigenvalue weighted by Gasteiger charge is 2.17. The van der Waals surface area contributed by atoms with E-state index in [2.05, 4.69) is 6.58 Å². The number of carbonyl (C=O) groups excluding carboxylic acids is 1. The highest BCUT2D eigenvalue weighted by molar-refractivity contribution is 7.85. The van der Waals surface area contributed by atoms with Gasteiger partial charge in [-0.15, -0.1) is 0 Å². The number of anilines is 1. The van der Waals surface area contributed by atoms with Crippen LogP contribution in [0.3, 0.4) is 0 Å². The van der Waals surface area contributed by atoms with Gasteiger partial charge >= 0.3 is 5.97 Å². The predicted molar refractivity (Wildman–Crippen MR) is 69.3 cm³/mol. The minimum Gasteiger partial charge on any atom is -0.478 e. The van der Waals surface area contributed by atoms with Crippen molar-refractivity contribution < 1.29 is 27.7 Å². The Labute approximate surface area is 114 Å². The molecule has 20 heavy (non-hydrogen) atoms. The van der Waals surface area contributed by atoms with Crippen LogP contribution in [-0.4, -0.2) is 30.0 Å². The topological polar surface area (TPSA) is 138 Å². The Morgan fingerprint density at radius 1 is 1.25 bits per heavy atom. The number of amides is 1. The zero-order chi connectivity index (χ0) is 15.5. The molecule has 0 spiro atoms. The summed E-state index contributed by atoms with van der Waals surface area (Å²) in [7, 11) is -4.33. The van der Waals surface area contributed by atoms with E-state index < -0.39 is 28.4 Å². The zero-order valence-corrected chi connectivity index (χ0v) is 11.0. The summed E-state index contributed by atoms with van der Waals surface area (Å²) in [5.74, 6) is 3.45. The number of carbonyl (C=O) groups is 2. The summed E-state index contributed by atoms with van der Waals surface area (Å²) in [6, 6.07) is 4.52. The van der Waals surface area contributed by atoms with Crippen molar-refractivity contribution in [2.45, 2.75) is 11.3 Å². The fourth-order valence-corrected chi connectivity index (χ4v) is 1.75. The summed E-state index contributed by atoms with van der Waals surface area (Å²) in [6.45, 7) is 3.20. The first-order valence-electron chi connectivity index (χ1n) is 5.19. The van der Waals surface area contributed by atoms with Gasteiger partial charge in [0.1, 0.15) is 0 Å². The van der Waals surface area contributed by atoms with E-state index in [0.717, 1.165) is 12.1 Å². The van der Waals surface area contributed by atoms with Crippen molar-refractivity contribution in [2.24, 2.45) is 5.84 Å². The number of aliphatic carboxylic acids is 1. The number of hydrogen-bond donors (Lipinski definition) is 3. The first-order valence-corrected chi connectivity index (χ1v) is 6.63. The normalized spacial score (nSPS) is 10.9. The van der Waals surface area contributed by atoms with E-state index in [-0.39, 0.29) is 16.2 Å². The summed E-state index contributed by atoms with van der Waals surface area (Å²) in [4.78, 5) is 21.8. The van der Waals surface area contributed by atoms with E-state index in [9.17, 15) is 18.0 Å². The van der Waals surface area contributed by atoms with Gasteiger partial charge in [-0.25, -0.2) is 15.6 Å². The van der Waals surface area contributed by atoms with Crippen molar-refractivity contribution in [2.75, 3.05) is 5.01 Å². The molecule has 0 saturated heterocycles. The lowest BCUT2D eigenvalue weighted by Gasteiger charge is -2.16. The average molecular weight is 300 g/mol. The summed E-state index contributed by atoms with van der Waals surface area (Å²) in [5, 5.41) is 9.27. The van der Waals surface area contributed by atoms with Crippen molar-refractivity contribution in [3.63, 3.8) is 0 Å². The summed E-state index contributed by atoms with van der Waals surface area (Å²) < 4.78 is 30.5. The number of carboxylic acid groups (broad SMARTS) is 1. The molecule has 1 aromatic carbocycles. The van der Waals surface area contributed by atoms with Crippen LogP contribution in [0, 0.1) is 0 Å². The SMILES string of the molecule is C=C(CC(=O)N(N)c1ccc(S(=O)(=O)O)cc1)C(=O)O. The van der Waals surface area contributed by atoms with Gasteiger partial charge in [-0.2, -0.15) is 8.42 Å². The van der Waals surface area contributed by atoms with E-state index >= 15 is 0 Å². The van der Waals surface area contributed by atoms with Gasteiger partial charge in [0.15, 0.2) is 0 Å². The van der Waals surface area contributed by atoms with Crippen molar-refractivity contribution in [3.8, 4) is 0 Å². The maximum Gasteiger partial charge on any atom is 0.331 e. The smallest absolute Gasteiger partial charge is 0.331 e. The van der Waals surface area contributed by atoms with Gasteiger partial charge in [-0.3, -0.25) is 9.35 Å². The Kier molecular flexibility index (Phi) is 4.61. The third-order valence-corrected chi connectivity index (χ3v) is 3.22. The molecule has 4 N–H and O–H groups in total. The maximum absolute atomic E-state index is 11.6. The fraction of sp³-hybridized carbons (Fsp3) is 0.0909. The quantitative estimate of drug-likeness (QED) is 0.231. The molecule has 0 aromatic heterocycles. The molecule has 1 rings (SSSR count). The van der Waals surface area contributed by atoms with Crippen molar-refractivity contribution >= 4 is 27.7 Å². The van der Waals surface area contributed by atoms with Crippen LogP contribution in [-0.2, 0) is 19.7 Å². The second-order valence-electron chi connectivity index (χ2n) is 3.82. The number of rotatable bonds is 5. The van der Waals surface area contributed by atoms with Crippen LogP contribution in [0.15, 0.2) is 41.3 Å². The van der Waals surface area contributed by atoms with Crippen LogP contribution in [0.4, 0.5) is 5.69 Å².